The number of nitro groups is 1. The van der Waals surface area contributed by atoms with Crippen molar-refractivity contribution in [1.82, 2.24) is 0 Å². The third kappa shape index (κ3) is 4.26. The Morgan fingerprint density at radius 1 is 1.05 bits per heavy atom. The van der Waals surface area contributed by atoms with Crippen molar-refractivity contribution in [2.45, 2.75) is 0 Å². The minimum atomic E-state index is -0.490. The lowest BCUT2D eigenvalue weighted by Gasteiger charge is -2.11. The zero-order chi connectivity index (χ0) is 15.9. The first kappa shape index (κ1) is 15.9. The van der Waals surface area contributed by atoms with E-state index >= 15 is 0 Å². The Morgan fingerprint density at radius 2 is 1.73 bits per heavy atom. The largest absolute Gasteiger partial charge is 0.493 e. The molecule has 0 fully saturated rings. The van der Waals surface area contributed by atoms with Gasteiger partial charge in [-0.05, 0) is 30.3 Å². The van der Waals surface area contributed by atoms with Crippen molar-refractivity contribution in [3.05, 3.63) is 57.6 Å². The van der Waals surface area contributed by atoms with Crippen LogP contribution in [0.25, 0.3) is 0 Å². The number of benzene rings is 2. The number of non-ortho nitro benzene ring substituents is 1. The second-order valence-corrected chi connectivity index (χ2v) is 4.68. The molecule has 0 saturated heterocycles. The van der Waals surface area contributed by atoms with E-state index in [1.807, 2.05) is 0 Å². The Hall–Kier alpha value is -2.47. The van der Waals surface area contributed by atoms with Gasteiger partial charge in [-0.2, -0.15) is 0 Å². The van der Waals surface area contributed by atoms with Crippen molar-refractivity contribution < 1.29 is 19.1 Å². The van der Waals surface area contributed by atoms with E-state index < -0.39 is 4.92 Å². The zero-order valence-electron chi connectivity index (χ0n) is 11.8. The molecule has 2 aromatic rings. The Morgan fingerprint density at radius 3 is 2.36 bits per heavy atom. The molecule has 0 aliphatic heterocycles. The van der Waals surface area contributed by atoms with Crippen molar-refractivity contribution in [3.8, 4) is 17.2 Å². The minimum absolute atomic E-state index is 0.0541. The average Bonchev–Trinajstić information content (AvgIpc) is 2.53. The van der Waals surface area contributed by atoms with Gasteiger partial charge in [0.1, 0.15) is 19.0 Å². The van der Waals surface area contributed by atoms with Gasteiger partial charge in [-0.1, -0.05) is 11.6 Å². The van der Waals surface area contributed by atoms with Crippen LogP contribution in [0, 0.1) is 10.1 Å². The number of halogens is 1. The molecule has 0 saturated carbocycles. The molecule has 7 heteroatoms. The number of rotatable bonds is 7. The van der Waals surface area contributed by atoms with E-state index in [-0.39, 0.29) is 12.3 Å². The summed E-state index contributed by atoms with van der Waals surface area (Å²) in [5.74, 6) is 1.41. The highest BCUT2D eigenvalue weighted by Crippen LogP contribution is 2.31. The normalized spacial score (nSPS) is 10.1. The molecule has 0 spiro atoms. The lowest BCUT2D eigenvalue weighted by Crippen LogP contribution is -2.09. The fourth-order valence-corrected chi connectivity index (χ4v) is 1.86. The number of hydrogen-bond donors (Lipinski definition) is 0. The molecule has 0 atom stereocenters. The van der Waals surface area contributed by atoms with Gasteiger partial charge < -0.3 is 14.2 Å². The summed E-state index contributed by atoms with van der Waals surface area (Å²) in [5.41, 5.74) is -0.0541. The second-order valence-electron chi connectivity index (χ2n) is 4.24. The maximum Gasteiger partial charge on any atom is 0.273 e. The van der Waals surface area contributed by atoms with Gasteiger partial charge in [0.15, 0.2) is 11.5 Å². The molecule has 0 N–H and O–H groups in total. The molecule has 2 aromatic carbocycles. The van der Waals surface area contributed by atoms with E-state index in [0.29, 0.717) is 28.9 Å². The summed E-state index contributed by atoms with van der Waals surface area (Å²) in [6.07, 6.45) is 0. The summed E-state index contributed by atoms with van der Waals surface area (Å²) < 4.78 is 16.1. The molecule has 0 aromatic heterocycles. The number of nitro benzene ring substituents is 1. The van der Waals surface area contributed by atoms with E-state index in [1.165, 1.54) is 25.3 Å². The van der Waals surface area contributed by atoms with Gasteiger partial charge in [0.25, 0.3) is 5.69 Å². The van der Waals surface area contributed by atoms with Crippen LogP contribution in [-0.2, 0) is 0 Å². The Kier molecular flexibility index (Phi) is 5.43. The van der Waals surface area contributed by atoms with Gasteiger partial charge in [0, 0.05) is 11.1 Å². The smallest absolute Gasteiger partial charge is 0.273 e. The van der Waals surface area contributed by atoms with Gasteiger partial charge in [-0.15, -0.1) is 0 Å². The number of methoxy groups -OCH3 is 1. The molecular formula is C15H14ClNO5. The SMILES string of the molecule is COc1cc([N+](=O)[O-])ccc1OCCOc1ccc(Cl)cc1. The van der Waals surface area contributed by atoms with Crippen molar-refractivity contribution >= 4 is 17.3 Å². The highest BCUT2D eigenvalue weighted by Gasteiger charge is 2.12. The quantitative estimate of drug-likeness (QED) is 0.441. The van der Waals surface area contributed by atoms with Crippen molar-refractivity contribution in [2.24, 2.45) is 0 Å². The molecule has 0 radical (unpaired) electrons. The van der Waals surface area contributed by atoms with Gasteiger partial charge in [-0.3, -0.25) is 10.1 Å². The van der Waals surface area contributed by atoms with Crippen LogP contribution in [0.3, 0.4) is 0 Å². The molecule has 0 aliphatic carbocycles. The zero-order valence-corrected chi connectivity index (χ0v) is 12.6. The van der Waals surface area contributed by atoms with Crippen LogP contribution in [0.1, 0.15) is 0 Å². The first-order valence-electron chi connectivity index (χ1n) is 6.44. The first-order chi connectivity index (χ1) is 10.6. The van der Waals surface area contributed by atoms with Crippen molar-refractivity contribution in [2.75, 3.05) is 20.3 Å². The monoisotopic (exact) mass is 323 g/mol. The van der Waals surface area contributed by atoms with Crippen LogP contribution in [0.15, 0.2) is 42.5 Å². The molecule has 0 unspecified atom stereocenters. The summed E-state index contributed by atoms with van der Waals surface area (Å²) in [7, 11) is 1.43. The van der Waals surface area contributed by atoms with E-state index in [2.05, 4.69) is 0 Å². The lowest BCUT2D eigenvalue weighted by atomic mass is 10.3. The summed E-state index contributed by atoms with van der Waals surface area (Å²) in [4.78, 5) is 10.2. The molecule has 0 amide bonds. The molecule has 22 heavy (non-hydrogen) atoms. The summed E-state index contributed by atoms with van der Waals surface area (Å²) in [6.45, 7) is 0.596. The standard InChI is InChI=1S/C15H14ClNO5/c1-20-15-10-12(17(18)19)4-7-14(15)22-9-8-21-13-5-2-11(16)3-6-13/h2-7,10H,8-9H2,1H3. The van der Waals surface area contributed by atoms with Gasteiger partial charge in [0.2, 0.25) is 0 Å². The number of ether oxygens (including phenoxy) is 3. The van der Waals surface area contributed by atoms with Gasteiger partial charge >= 0.3 is 0 Å². The van der Waals surface area contributed by atoms with Gasteiger partial charge in [-0.25, -0.2) is 0 Å². The Labute approximate surface area is 132 Å². The van der Waals surface area contributed by atoms with Crippen LogP contribution in [-0.4, -0.2) is 25.2 Å². The van der Waals surface area contributed by atoms with Crippen LogP contribution in [0.2, 0.25) is 5.02 Å². The van der Waals surface area contributed by atoms with Gasteiger partial charge in [0.05, 0.1) is 18.1 Å². The number of hydrogen-bond acceptors (Lipinski definition) is 5. The van der Waals surface area contributed by atoms with Crippen LogP contribution >= 0.6 is 11.6 Å². The topological polar surface area (TPSA) is 70.8 Å². The third-order valence-corrected chi connectivity index (χ3v) is 3.03. The fourth-order valence-electron chi connectivity index (χ4n) is 1.73. The molecule has 0 heterocycles. The molecule has 0 aliphatic rings. The van der Waals surface area contributed by atoms with Crippen LogP contribution < -0.4 is 14.2 Å². The molecule has 6 nitrogen and oxygen atoms in total. The predicted molar refractivity (Wildman–Crippen MR) is 82.1 cm³/mol. The first-order valence-corrected chi connectivity index (χ1v) is 6.81. The van der Waals surface area contributed by atoms with Crippen LogP contribution in [0.4, 0.5) is 5.69 Å². The molecule has 0 bridgehead atoms. The minimum Gasteiger partial charge on any atom is -0.493 e. The van der Waals surface area contributed by atoms with E-state index in [1.54, 1.807) is 24.3 Å². The summed E-state index contributed by atoms with van der Waals surface area (Å²) in [6, 6.07) is 11.2. The number of nitrogens with zero attached hydrogens (tertiary/aromatic N) is 1. The predicted octanol–water partition coefficient (Wildman–Crippen LogP) is 3.71. The highest BCUT2D eigenvalue weighted by atomic mass is 35.5. The summed E-state index contributed by atoms with van der Waals surface area (Å²) >= 11 is 5.78. The van der Waals surface area contributed by atoms with Crippen molar-refractivity contribution in [3.63, 3.8) is 0 Å². The highest BCUT2D eigenvalue weighted by molar-refractivity contribution is 6.30. The molecule has 2 rings (SSSR count). The van der Waals surface area contributed by atoms with E-state index in [4.69, 9.17) is 25.8 Å². The fraction of sp³-hybridized carbons (Fsp3) is 0.200. The Bertz CT molecular complexity index is 645. The van der Waals surface area contributed by atoms with E-state index in [9.17, 15) is 10.1 Å². The van der Waals surface area contributed by atoms with E-state index in [0.717, 1.165) is 0 Å². The lowest BCUT2D eigenvalue weighted by molar-refractivity contribution is -0.384. The second kappa shape index (κ2) is 7.51. The molecular weight excluding hydrogens is 310 g/mol. The van der Waals surface area contributed by atoms with Crippen LogP contribution in [0.5, 0.6) is 17.2 Å². The average molecular weight is 324 g/mol. The summed E-state index contributed by atoms with van der Waals surface area (Å²) in [5, 5.41) is 11.3. The Balaban J connectivity index is 1.88. The maximum absolute atomic E-state index is 10.7. The third-order valence-electron chi connectivity index (χ3n) is 2.78. The van der Waals surface area contributed by atoms with Crippen molar-refractivity contribution in [1.29, 1.82) is 0 Å². The maximum atomic E-state index is 10.7. The molecule has 116 valence electrons.